The summed E-state index contributed by atoms with van der Waals surface area (Å²) in [4.78, 5) is 5.40. The predicted octanol–water partition coefficient (Wildman–Crippen LogP) is 2.99. The maximum absolute atomic E-state index is 14.1. The van der Waals surface area contributed by atoms with Crippen molar-refractivity contribution in [2.24, 2.45) is 0 Å². The molecule has 0 aliphatic rings. The molecule has 0 aliphatic heterocycles. The van der Waals surface area contributed by atoms with E-state index in [1.54, 1.807) is 13.2 Å². The maximum Gasteiger partial charge on any atom is 0.127 e. The van der Waals surface area contributed by atoms with Gasteiger partial charge < -0.3 is 14.6 Å². The molecule has 0 radical (unpaired) electrons. The van der Waals surface area contributed by atoms with Gasteiger partial charge in [0, 0.05) is 37.4 Å². The molecule has 4 heteroatoms. The Morgan fingerprint density at radius 2 is 2.05 bits per heavy atom. The third-order valence-corrected chi connectivity index (χ3v) is 3.58. The Bertz CT molecular complexity index is 563. The predicted molar refractivity (Wildman–Crippen MR) is 80.7 cm³/mol. The van der Waals surface area contributed by atoms with Gasteiger partial charge in [-0.05, 0) is 56.6 Å². The van der Waals surface area contributed by atoms with Crippen molar-refractivity contribution >= 4 is 10.9 Å². The van der Waals surface area contributed by atoms with Gasteiger partial charge in [-0.15, -0.1) is 0 Å². The van der Waals surface area contributed by atoms with E-state index in [0.717, 1.165) is 35.9 Å². The molecule has 110 valence electrons. The molecule has 0 unspecified atom stereocenters. The molecule has 1 aromatic carbocycles. The van der Waals surface area contributed by atoms with Gasteiger partial charge in [-0.3, -0.25) is 0 Å². The lowest BCUT2D eigenvalue weighted by atomic mass is 10.00. The fourth-order valence-electron chi connectivity index (χ4n) is 2.53. The summed E-state index contributed by atoms with van der Waals surface area (Å²) in [5.41, 5.74) is 3.03. The van der Waals surface area contributed by atoms with Crippen molar-refractivity contribution in [2.75, 3.05) is 34.4 Å². The normalized spacial score (nSPS) is 11.7. The minimum Gasteiger partial charge on any atom is -0.385 e. The van der Waals surface area contributed by atoms with Crippen LogP contribution in [0.15, 0.2) is 18.3 Å². The number of likely N-dealkylation sites (N-methyl/N-ethyl adjacent to an activating group) is 1. The molecular formula is C16H23FN2O. The van der Waals surface area contributed by atoms with Crippen LogP contribution in [0.1, 0.15) is 17.5 Å². The molecule has 0 saturated carbocycles. The van der Waals surface area contributed by atoms with Gasteiger partial charge >= 0.3 is 0 Å². The number of nitrogens with one attached hydrogen (secondary N) is 1. The van der Waals surface area contributed by atoms with Crippen LogP contribution in [0.4, 0.5) is 4.39 Å². The first-order valence-electron chi connectivity index (χ1n) is 7.04. The summed E-state index contributed by atoms with van der Waals surface area (Å²) in [5, 5.41) is 1.06. The highest BCUT2D eigenvalue weighted by Gasteiger charge is 2.13. The van der Waals surface area contributed by atoms with Crippen molar-refractivity contribution < 1.29 is 9.13 Å². The number of H-pyrrole nitrogens is 1. The van der Waals surface area contributed by atoms with Crippen LogP contribution in [0.5, 0.6) is 0 Å². The van der Waals surface area contributed by atoms with Crippen LogP contribution in [0.2, 0.25) is 0 Å². The quantitative estimate of drug-likeness (QED) is 0.789. The zero-order valence-electron chi connectivity index (χ0n) is 12.5. The molecule has 1 aromatic heterocycles. The van der Waals surface area contributed by atoms with Crippen molar-refractivity contribution in [1.29, 1.82) is 0 Å². The molecule has 3 nitrogen and oxygen atoms in total. The van der Waals surface area contributed by atoms with Gasteiger partial charge in [0.2, 0.25) is 0 Å². The highest BCUT2D eigenvalue weighted by atomic mass is 19.1. The summed E-state index contributed by atoms with van der Waals surface area (Å²) < 4.78 is 19.2. The maximum atomic E-state index is 14.1. The number of halogens is 1. The Morgan fingerprint density at radius 3 is 2.75 bits per heavy atom. The van der Waals surface area contributed by atoms with Crippen LogP contribution in [-0.4, -0.2) is 44.2 Å². The van der Waals surface area contributed by atoms with Gasteiger partial charge in [0.05, 0.1) is 0 Å². The molecule has 2 rings (SSSR count). The second-order valence-corrected chi connectivity index (χ2v) is 5.41. The van der Waals surface area contributed by atoms with Crippen molar-refractivity contribution in [3.05, 3.63) is 35.3 Å². The summed E-state index contributed by atoms with van der Waals surface area (Å²) >= 11 is 0. The number of fused-ring (bicyclic) bond motifs is 1. The zero-order valence-corrected chi connectivity index (χ0v) is 12.5. The number of rotatable bonds is 7. The van der Waals surface area contributed by atoms with Crippen LogP contribution in [0, 0.1) is 5.82 Å². The molecule has 1 heterocycles. The largest absolute Gasteiger partial charge is 0.385 e. The number of hydrogen-bond donors (Lipinski definition) is 1. The lowest BCUT2D eigenvalue weighted by Gasteiger charge is -2.11. The smallest absolute Gasteiger partial charge is 0.127 e. The molecule has 0 amide bonds. The van der Waals surface area contributed by atoms with E-state index in [4.69, 9.17) is 4.74 Å². The lowest BCUT2D eigenvalue weighted by Crippen LogP contribution is -2.15. The van der Waals surface area contributed by atoms with Crippen molar-refractivity contribution in [2.45, 2.75) is 19.3 Å². The fraction of sp³-hybridized carbons (Fsp3) is 0.500. The Labute approximate surface area is 119 Å². The molecule has 1 N–H and O–H groups in total. The Balaban J connectivity index is 2.32. The average molecular weight is 278 g/mol. The summed E-state index contributed by atoms with van der Waals surface area (Å²) in [7, 11) is 5.78. The van der Waals surface area contributed by atoms with Crippen molar-refractivity contribution in [3.63, 3.8) is 0 Å². The highest BCUT2D eigenvalue weighted by Crippen LogP contribution is 2.26. The van der Waals surface area contributed by atoms with Crippen LogP contribution >= 0.6 is 0 Å². The van der Waals surface area contributed by atoms with Crippen molar-refractivity contribution in [1.82, 2.24) is 9.88 Å². The molecule has 0 aliphatic carbocycles. The molecule has 0 atom stereocenters. The van der Waals surface area contributed by atoms with E-state index < -0.39 is 0 Å². The number of benzene rings is 1. The minimum atomic E-state index is -0.112. The second-order valence-electron chi connectivity index (χ2n) is 5.41. The summed E-state index contributed by atoms with van der Waals surface area (Å²) in [6.07, 6.45) is 4.48. The number of methoxy groups -OCH3 is 1. The van der Waals surface area contributed by atoms with Crippen LogP contribution in [0.25, 0.3) is 10.9 Å². The molecule has 0 bridgehead atoms. The van der Waals surface area contributed by atoms with Gasteiger partial charge in [0.1, 0.15) is 5.82 Å². The highest BCUT2D eigenvalue weighted by molar-refractivity contribution is 5.87. The zero-order chi connectivity index (χ0) is 14.5. The molecular weight excluding hydrogens is 255 g/mol. The van der Waals surface area contributed by atoms with E-state index in [0.29, 0.717) is 13.0 Å². The topological polar surface area (TPSA) is 28.3 Å². The SMILES string of the molecule is COCCCc1c(F)ccc2[nH]cc(CCN(C)C)c12. The summed E-state index contributed by atoms with van der Waals surface area (Å²) in [5.74, 6) is -0.112. The van der Waals surface area contributed by atoms with E-state index in [1.165, 1.54) is 5.56 Å². The minimum absolute atomic E-state index is 0.112. The first-order chi connectivity index (χ1) is 9.63. The van der Waals surface area contributed by atoms with E-state index in [9.17, 15) is 4.39 Å². The van der Waals surface area contributed by atoms with E-state index >= 15 is 0 Å². The Morgan fingerprint density at radius 1 is 1.25 bits per heavy atom. The first-order valence-corrected chi connectivity index (χ1v) is 7.04. The van der Waals surface area contributed by atoms with Crippen LogP contribution < -0.4 is 0 Å². The Kier molecular flexibility index (Phi) is 5.15. The summed E-state index contributed by atoms with van der Waals surface area (Å²) in [6, 6.07) is 3.38. The number of aromatic nitrogens is 1. The lowest BCUT2D eigenvalue weighted by molar-refractivity contribution is 0.195. The molecule has 0 spiro atoms. The van der Waals surface area contributed by atoms with Crippen LogP contribution in [0.3, 0.4) is 0 Å². The fourth-order valence-corrected chi connectivity index (χ4v) is 2.53. The number of aryl methyl sites for hydroxylation is 1. The number of aromatic amines is 1. The second kappa shape index (κ2) is 6.86. The summed E-state index contributed by atoms with van der Waals surface area (Å²) in [6.45, 7) is 1.62. The number of nitrogens with zero attached hydrogens (tertiary/aromatic N) is 1. The van der Waals surface area contributed by atoms with Gasteiger partial charge in [-0.1, -0.05) is 0 Å². The van der Waals surface area contributed by atoms with Crippen LogP contribution in [-0.2, 0) is 17.6 Å². The standard InChI is InChI=1S/C16H23FN2O/c1-19(2)9-8-12-11-18-15-7-6-14(17)13(16(12)15)5-4-10-20-3/h6-7,11,18H,4-5,8-10H2,1-3H3. The van der Waals surface area contributed by atoms with Gasteiger partial charge in [0.25, 0.3) is 0 Å². The Hall–Kier alpha value is -1.39. The molecule has 0 fully saturated rings. The van der Waals surface area contributed by atoms with Gasteiger partial charge in [-0.25, -0.2) is 4.39 Å². The molecule has 2 aromatic rings. The van der Waals surface area contributed by atoms with Gasteiger partial charge in [0.15, 0.2) is 0 Å². The molecule has 20 heavy (non-hydrogen) atoms. The molecule has 0 saturated heterocycles. The van der Waals surface area contributed by atoms with Crippen molar-refractivity contribution in [3.8, 4) is 0 Å². The van der Waals surface area contributed by atoms with E-state index in [-0.39, 0.29) is 5.82 Å². The third-order valence-electron chi connectivity index (χ3n) is 3.58. The number of ether oxygens (including phenoxy) is 1. The average Bonchev–Trinajstić information content (AvgIpc) is 2.82. The van der Waals surface area contributed by atoms with E-state index in [1.807, 2.05) is 12.3 Å². The van der Waals surface area contributed by atoms with Gasteiger partial charge in [-0.2, -0.15) is 0 Å². The third kappa shape index (κ3) is 3.38. The monoisotopic (exact) mass is 278 g/mol. The first kappa shape index (κ1) is 15.0. The van der Waals surface area contributed by atoms with E-state index in [2.05, 4.69) is 24.0 Å². The number of hydrogen-bond acceptors (Lipinski definition) is 2.